The molecule has 0 saturated heterocycles. The van der Waals surface area contributed by atoms with E-state index in [1.165, 1.54) is 0 Å². The zero-order valence-electron chi connectivity index (χ0n) is 13.2. The fourth-order valence-electron chi connectivity index (χ4n) is 2.53. The molecule has 1 N–H and O–H groups in total. The number of nitrogens with one attached hydrogen (secondary N) is 1. The van der Waals surface area contributed by atoms with E-state index in [9.17, 15) is 10.1 Å². The van der Waals surface area contributed by atoms with E-state index in [1.807, 2.05) is 13.8 Å². The number of nitriles is 1. The molecule has 2 aromatic rings. The van der Waals surface area contributed by atoms with Crippen LogP contribution in [0.5, 0.6) is 0 Å². The van der Waals surface area contributed by atoms with Crippen LogP contribution in [0.25, 0.3) is 5.52 Å². The number of hydrogen-bond donors (Lipinski definition) is 1. The minimum Gasteiger partial charge on any atom is -0.459 e. The maximum atomic E-state index is 12.6. The van der Waals surface area contributed by atoms with Crippen LogP contribution >= 0.6 is 0 Å². The molecule has 0 unspecified atom stereocenters. The van der Waals surface area contributed by atoms with Crippen LogP contribution in [0.1, 0.15) is 55.1 Å². The van der Waals surface area contributed by atoms with Gasteiger partial charge in [-0.25, -0.2) is 4.79 Å². The zero-order valence-corrected chi connectivity index (χ0v) is 13.2. The van der Waals surface area contributed by atoms with Crippen LogP contribution in [0.2, 0.25) is 0 Å². The fraction of sp³-hybridized carbons (Fsp3) is 0.353. The van der Waals surface area contributed by atoms with E-state index in [-0.39, 0.29) is 23.1 Å². The van der Waals surface area contributed by atoms with Crippen LogP contribution in [0.3, 0.4) is 0 Å². The Kier molecular flexibility index (Phi) is 4.32. The summed E-state index contributed by atoms with van der Waals surface area (Å²) in [6.45, 7) is 7.38. The highest BCUT2D eigenvalue weighted by molar-refractivity contribution is 5.99. The van der Waals surface area contributed by atoms with Crippen molar-refractivity contribution in [3.8, 4) is 6.07 Å². The summed E-state index contributed by atoms with van der Waals surface area (Å²) in [4.78, 5) is 12.6. The smallest absolute Gasteiger partial charge is 0.340 e. The van der Waals surface area contributed by atoms with Gasteiger partial charge >= 0.3 is 5.97 Å². The molecule has 0 spiro atoms. The van der Waals surface area contributed by atoms with E-state index in [0.29, 0.717) is 16.6 Å². The van der Waals surface area contributed by atoms with Crippen molar-refractivity contribution in [3.63, 3.8) is 0 Å². The largest absolute Gasteiger partial charge is 0.459 e. The zero-order chi connectivity index (χ0) is 16.4. The van der Waals surface area contributed by atoms with Crippen LogP contribution in [-0.2, 0) is 4.74 Å². The average molecular weight is 297 g/mol. The number of carbonyl (C=O) groups excluding carboxylic acids is 1. The molecule has 0 bridgehead atoms. The molecule has 0 aliphatic carbocycles. The number of carbonyl (C=O) groups is 1. The van der Waals surface area contributed by atoms with Crippen molar-refractivity contribution in [1.29, 1.82) is 10.7 Å². The molecule has 22 heavy (non-hydrogen) atoms. The van der Waals surface area contributed by atoms with Crippen molar-refractivity contribution in [1.82, 2.24) is 4.40 Å². The summed E-state index contributed by atoms with van der Waals surface area (Å²) >= 11 is 0. The van der Waals surface area contributed by atoms with Crippen LogP contribution in [0.4, 0.5) is 0 Å². The first-order valence-electron chi connectivity index (χ1n) is 7.21. The number of nitrogens with zero attached hydrogens (tertiary/aromatic N) is 2. The summed E-state index contributed by atoms with van der Waals surface area (Å²) in [5, 5.41) is 17.7. The predicted octanol–water partition coefficient (Wildman–Crippen LogP) is 2.98. The number of aromatic nitrogens is 1. The standard InChI is InChI=1S/C17H19N3O2/c1-10(2)14-12(9-18)16(19)20-8-6-5-7-13(20)15(14)17(21)22-11(3)4/h5-8,10-11,19H,1-4H3. The lowest BCUT2D eigenvalue weighted by atomic mass is 9.92. The lowest BCUT2D eigenvalue weighted by molar-refractivity contribution is 0.0378. The molecule has 0 amide bonds. The highest BCUT2D eigenvalue weighted by atomic mass is 16.5. The monoisotopic (exact) mass is 297 g/mol. The van der Waals surface area contributed by atoms with Crippen LogP contribution in [-0.4, -0.2) is 16.5 Å². The molecule has 0 aliphatic rings. The lowest BCUT2D eigenvalue weighted by Gasteiger charge is -2.18. The second kappa shape index (κ2) is 6.02. The lowest BCUT2D eigenvalue weighted by Crippen LogP contribution is -2.25. The molecule has 5 nitrogen and oxygen atoms in total. The number of rotatable bonds is 3. The third-order valence-electron chi connectivity index (χ3n) is 3.37. The maximum Gasteiger partial charge on any atom is 0.340 e. The molecule has 0 atom stereocenters. The summed E-state index contributed by atoms with van der Waals surface area (Å²) in [6, 6.07) is 7.40. The predicted molar refractivity (Wildman–Crippen MR) is 82.6 cm³/mol. The Labute approximate surface area is 129 Å². The van der Waals surface area contributed by atoms with Crippen molar-refractivity contribution in [3.05, 3.63) is 46.6 Å². The first-order valence-corrected chi connectivity index (χ1v) is 7.21. The molecule has 2 rings (SSSR count). The SMILES string of the molecule is CC(C)OC(=O)c1c(C(C)C)c(C#N)c(=N)n2ccccc12. The minimum atomic E-state index is -0.459. The Morgan fingerprint density at radius 1 is 1.32 bits per heavy atom. The third kappa shape index (κ3) is 2.60. The van der Waals surface area contributed by atoms with Gasteiger partial charge in [0.1, 0.15) is 11.6 Å². The van der Waals surface area contributed by atoms with Gasteiger partial charge in [-0.3, -0.25) is 5.41 Å². The number of pyridine rings is 2. The van der Waals surface area contributed by atoms with Crippen molar-refractivity contribution < 1.29 is 9.53 Å². The summed E-state index contributed by atoms with van der Waals surface area (Å²) in [6.07, 6.45) is 1.42. The Morgan fingerprint density at radius 3 is 2.55 bits per heavy atom. The summed E-state index contributed by atoms with van der Waals surface area (Å²) in [7, 11) is 0. The van der Waals surface area contributed by atoms with E-state index >= 15 is 0 Å². The van der Waals surface area contributed by atoms with Crippen LogP contribution in [0.15, 0.2) is 24.4 Å². The molecule has 0 radical (unpaired) electrons. The van der Waals surface area contributed by atoms with Gasteiger partial charge in [0.15, 0.2) is 0 Å². The van der Waals surface area contributed by atoms with Gasteiger partial charge in [0.2, 0.25) is 0 Å². The molecule has 0 fully saturated rings. The van der Waals surface area contributed by atoms with E-state index < -0.39 is 5.97 Å². The topological polar surface area (TPSA) is 78.3 Å². The highest BCUT2D eigenvalue weighted by Crippen LogP contribution is 2.26. The van der Waals surface area contributed by atoms with Gasteiger partial charge in [-0.05, 0) is 37.5 Å². The minimum absolute atomic E-state index is 0.0707. The molecule has 0 aromatic carbocycles. The average Bonchev–Trinajstić information content (AvgIpc) is 2.46. The highest BCUT2D eigenvalue weighted by Gasteiger charge is 2.24. The molecule has 0 aliphatic heterocycles. The molecule has 2 heterocycles. The Balaban J connectivity index is 2.96. The Hall–Kier alpha value is -2.61. The fourth-order valence-corrected chi connectivity index (χ4v) is 2.53. The second-order valence-corrected chi connectivity index (χ2v) is 5.69. The first kappa shape index (κ1) is 15.8. The van der Waals surface area contributed by atoms with Gasteiger partial charge in [-0.2, -0.15) is 5.26 Å². The molecular formula is C17H19N3O2. The van der Waals surface area contributed by atoms with Crippen molar-refractivity contribution in [2.75, 3.05) is 0 Å². The molecule has 0 saturated carbocycles. The number of hydrogen-bond acceptors (Lipinski definition) is 4. The third-order valence-corrected chi connectivity index (χ3v) is 3.37. The van der Waals surface area contributed by atoms with E-state index in [0.717, 1.165) is 0 Å². The number of ether oxygens (including phenoxy) is 1. The van der Waals surface area contributed by atoms with Gasteiger partial charge in [0.25, 0.3) is 0 Å². The number of fused-ring (bicyclic) bond motifs is 1. The Bertz CT molecular complexity index is 826. The van der Waals surface area contributed by atoms with Crippen molar-refractivity contribution in [2.45, 2.75) is 39.7 Å². The first-order chi connectivity index (χ1) is 10.4. The van der Waals surface area contributed by atoms with Gasteiger partial charge in [0.05, 0.1) is 22.7 Å². The van der Waals surface area contributed by atoms with Crippen molar-refractivity contribution >= 4 is 11.5 Å². The van der Waals surface area contributed by atoms with E-state index in [4.69, 9.17) is 10.1 Å². The van der Waals surface area contributed by atoms with Crippen LogP contribution < -0.4 is 5.49 Å². The second-order valence-electron chi connectivity index (χ2n) is 5.69. The van der Waals surface area contributed by atoms with Gasteiger partial charge in [-0.15, -0.1) is 0 Å². The maximum absolute atomic E-state index is 12.6. The van der Waals surface area contributed by atoms with E-state index in [2.05, 4.69) is 6.07 Å². The normalized spacial score (nSPS) is 11.0. The van der Waals surface area contributed by atoms with Crippen LogP contribution in [0, 0.1) is 16.7 Å². The summed E-state index contributed by atoms with van der Waals surface area (Å²) in [5.41, 5.74) is 1.83. The molecule has 114 valence electrons. The molecule has 5 heteroatoms. The summed E-state index contributed by atoms with van der Waals surface area (Å²) < 4.78 is 6.89. The molecular weight excluding hydrogens is 278 g/mol. The van der Waals surface area contributed by atoms with Gasteiger partial charge in [-0.1, -0.05) is 19.9 Å². The summed E-state index contributed by atoms with van der Waals surface area (Å²) in [5.74, 6) is -0.530. The van der Waals surface area contributed by atoms with E-state index in [1.54, 1.807) is 42.6 Å². The van der Waals surface area contributed by atoms with Gasteiger partial charge in [0, 0.05) is 6.20 Å². The Morgan fingerprint density at radius 2 is 2.00 bits per heavy atom. The molecule has 2 aromatic heterocycles. The van der Waals surface area contributed by atoms with Gasteiger partial charge < -0.3 is 9.14 Å². The number of esters is 1. The quantitative estimate of drug-likeness (QED) is 0.885. The van der Waals surface area contributed by atoms with Crippen molar-refractivity contribution in [2.24, 2.45) is 0 Å².